The Morgan fingerprint density at radius 3 is 2.48 bits per heavy atom. The summed E-state index contributed by atoms with van der Waals surface area (Å²) in [7, 11) is 0. The summed E-state index contributed by atoms with van der Waals surface area (Å²) >= 11 is 1.56. The fourth-order valence-electron chi connectivity index (χ4n) is 2.40. The molecular weight excluding hydrogens is 314 g/mol. The van der Waals surface area contributed by atoms with Crippen LogP contribution < -0.4 is 4.90 Å². The summed E-state index contributed by atoms with van der Waals surface area (Å²) in [6.07, 6.45) is 0.502. The number of nitrogens with zero attached hydrogens (tertiary/aromatic N) is 3. The van der Waals surface area contributed by atoms with Crippen molar-refractivity contribution in [3.63, 3.8) is 0 Å². The third-order valence-corrected chi connectivity index (χ3v) is 4.93. The molecule has 0 saturated carbocycles. The molecule has 23 heavy (non-hydrogen) atoms. The van der Waals surface area contributed by atoms with E-state index in [2.05, 4.69) is 52.8 Å². The van der Waals surface area contributed by atoms with E-state index in [4.69, 9.17) is 0 Å². The van der Waals surface area contributed by atoms with Crippen molar-refractivity contribution in [3.05, 3.63) is 45.0 Å². The zero-order valence-electron chi connectivity index (χ0n) is 13.6. The summed E-state index contributed by atoms with van der Waals surface area (Å²) in [5.41, 5.74) is 3.17. The number of thiazole rings is 1. The maximum Gasteiger partial charge on any atom is 0.294 e. The van der Waals surface area contributed by atoms with E-state index in [1.54, 1.807) is 11.3 Å². The van der Waals surface area contributed by atoms with Gasteiger partial charge in [-0.25, -0.2) is 4.98 Å². The van der Waals surface area contributed by atoms with Crippen molar-refractivity contribution in [1.82, 2.24) is 4.98 Å². The molecule has 0 aliphatic heterocycles. The molecule has 0 amide bonds. The van der Waals surface area contributed by atoms with Crippen LogP contribution in [0.15, 0.2) is 24.3 Å². The molecule has 2 rings (SSSR count). The lowest BCUT2D eigenvalue weighted by atomic mass is 10.2. The highest BCUT2D eigenvalue weighted by Crippen LogP contribution is 2.29. The highest BCUT2D eigenvalue weighted by atomic mass is 32.1. The van der Waals surface area contributed by atoms with E-state index in [1.807, 2.05) is 6.92 Å². The maximum absolute atomic E-state index is 10.2. The predicted molar refractivity (Wildman–Crippen MR) is 92.5 cm³/mol. The monoisotopic (exact) mass is 335 g/mol. The van der Waals surface area contributed by atoms with Crippen molar-refractivity contribution >= 4 is 17.0 Å². The second kappa shape index (κ2) is 7.92. The number of rotatable bonds is 8. The Kier molecular flexibility index (Phi) is 5.92. The van der Waals surface area contributed by atoms with E-state index < -0.39 is 5.09 Å². The van der Waals surface area contributed by atoms with Crippen molar-refractivity contribution in [2.45, 2.75) is 27.2 Å². The first-order valence-corrected chi connectivity index (χ1v) is 8.45. The van der Waals surface area contributed by atoms with Crippen LogP contribution in [0.3, 0.4) is 0 Å². The summed E-state index contributed by atoms with van der Waals surface area (Å²) in [6.45, 7) is 8.23. The van der Waals surface area contributed by atoms with Crippen LogP contribution in [0.25, 0.3) is 10.6 Å². The Hall–Kier alpha value is -2.15. The molecule has 0 aliphatic rings. The van der Waals surface area contributed by atoms with Gasteiger partial charge in [0.15, 0.2) is 0 Å². The largest absolute Gasteiger partial charge is 0.372 e. The predicted octanol–water partition coefficient (Wildman–Crippen LogP) is 3.72. The van der Waals surface area contributed by atoms with Crippen LogP contribution in [0.1, 0.15) is 24.4 Å². The molecule has 124 valence electrons. The van der Waals surface area contributed by atoms with Crippen molar-refractivity contribution in [2.24, 2.45) is 0 Å². The van der Waals surface area contributed by atoms with Gasteiger partial charge in [-0.05, 0) is 45.0 Å². The molecule has 2 aromatic rings. The molecule has 0 fully saturated rings. The third-order valence-electron chi connectivity index (χ3n) is 3.66. The topological polar surface area (TPSA) is 68.5 Å². The molecule has 6 nitrogen and oxygen atoms in total. The van der Waals surface area contributed by atoms with Crippen LogP contribution in [0.5, 0.6) is 0 Å². The smallest absolute Gasteiger partial charge is 0.294 e. The van der Waals surface area contributed by atoms with Gasteiger partial charge in [0.05, 0.1) is 5.69 Å². The van der Waals surface area contributed by atoms with Crippen LogP contribution in [0.2, 0.25) is 0 Å². The molecule has 0 aliphatic carbocycles. The van der Waals surface area contributed by atoms with Crippen molar-refractivity contribution in [2.75, 3.05) is 24.6 Å². The molecule has 0 bridgehead atoms. The lowest BCUT2D eigenvalue weighted by Gasteiger charge is -2.20. The minimum absolute atomic E-state index is 0.0658. The first-order valence-electron chi connectivity index (χ1n) is 7.64. The van der Waals surface area contributed by atoms with Gasteiger partial charge in [0.1, 0.15) is 11.6 Å². The van der Waals surface area contributed by atoms with Gasteiger partial charge in [-0.2, -0.15) is 0 Å². The molecular formula is C16H21N3O3S. The van der Waals surface area contributed by atoms with Crippen LogP contribution in [-0.2, 0) is 11.3 Å². The molecule has 0 atom stereocenters. The second-order valence-corrected chi connectivity index (χ2v) is 6.14. The fourth-order valence-corrected chi connectivity index (χ4v) is 3.45. The molecule has 0 N–H and O–H groups in total. The molecule has 0 radical (unpaired) electrons. The van der Waals surface area contributed by atoms with Crippen molar-refractivity contribution in [3.8, 4) is 10.6 Å². The zero-order valence-corrected chi connectivity index (χ0v) is 14.4. The van der Waals surface area contributed by atoms with Crippen molar-refractivity contribution < 1.29 is 9.92 Å². The van der Waals surface area contributed by atoms with Gasteiger partial charge in [-0.3, -0.25) is 0 Å². The minimum atomic E-state index is -0.761. The Labute approximate surface area is 139 Å². The number of anilines is 1. The Morgan fingerprint density at radius 2 is 1.91 bits per heavy atom. The summed E-state index contributed by atoms with van der Waals surface area (Å²) in [6, 6.07) is 8.36. The third kappa shape index (κ3) is 4.41. The lowest BCUT2D eigenvalue weighted by Crippen LogP contribution is -2.21. The molecule has 7 heteroatoms. The Bertz CT molecular complexity index is 651. The number of aromatic nitrogens is 1. The summed E-state index contributed by atoms with van der Waals surface area (Å²) in [5.74, 6) is 0. The van der Waals surface area contributed by atoms with Gasteiger partial charge >= 0.3 is 0 Å². The van der Waals surface area contributed by atoms with E-state index in [1.165, 1.54) is 5.69 Å². The molecule has 0 unspecified atom stereocenters. The summed E-state index contributed by atoms with van der Waals surface area (Å²) in [4.78, 5) is 22.5. The Balaban J connectivity index is 2.11. The first kappa shape index (κ1) is 17.2. The van der Waals surface area contributed by atoms with Crippen LogP contribution in [-0.4, -0.2) is 29.8 Å². The normalized spacial score (nSPS) is 10.6. The molecule has 1 aromatic carbocycles. The molecule has 1 heterocycles. The van der Waals surface area contributed by atoms with E-state index in [9.17, 15) is 10.1 Å². The maximum atomic E-state index is 10.2. The van der Waals surface area contributed by atoms with Crippen LogP contribution >= 0.6 is 11.3 Å². The molecule has 0 spiro atoms. The van der Waals surface area contributed by atoms with Gasteiger partial charge in [0.2, 0.25) is 0 Å². The first-order chi connectivity index (χ1) is 11.0. The quantitative estimate of drug-likeness (QED) is 0.543. The minimum Gasteiger partial charge on any atom is -0.372 e. The number of benzene rings is 1. The average Bonchev–Trinajstić information content (AvgIpc) is 2.90. The molecule has 0 saturated heterocycles. The molecule has 1 aromatic heterocycles. The van der Waals surface area contributed by atoms with Crippen molar-refractivity contribution in [1.29, 1.82) is 0 Å². The lowest BCUT2D eigenvalue weighted by molar-refractivity contribution is -0.757. The number of aryl methyl sites for hydroxylation is 1. The fraction of sp³-hybridized carbons (Fsp3) is 0.438. The second-order valence-electron chi connectivity index (χ2n) is 5.05. The van der Waals surface area contributed by atoms with Gasteiger partial charge in [-0.15, -0.1) is 21.5 Å². The average molecular weight is 335 g/mol. The number of hydrogen-bond donors (Lipinski definition) is 0. The highest BCUT2D eigenvalue weighted by Gasteiger charge is 2.11. The van der Waals surface area contributed by atoms with E-state index in [-0.39, 0.29) is 6.61 Å². The number of hydrogen-bond acceptors (Lipinski definition) is 6. The van der Waals surface area contributed by atoms with Gasteiger partial charge in [0.25, 0.3) is 5.09 Å². The van der Waals surface area contributed by atoms with Gasteiger partial charge in [0, 0.05) is 35.6 Å². The van der Waals surface area contributed by atoms with Gasteiger partial charge < -0.3 is 9.74 Å². The van der Waals surface area contributed by atoms with Gasteiger partial charge in [-0.1, -0.05) is 0 Å². The summed E-state index contributed by atoms with van der Waals surface area (Å²) in [5, 5.41) is 10.4. The van der Waals surface area contributed by atoms with E-state index in [0.717, 1.165) is 34.2 Å². The van der Waals surface area contributed by atoms with E-state index >= 15 is 0 Å². The summed E-state index contributed by atoms with van der Waals surface area (Å²) < 4.78 is 0. The van der Waals surface area contributed by atoms with E-state index in [0.29, 0.717) is 6.42 Å². The zero-order chi connectivity index (χ0) is 16.8. The van der Waals surface area contributed by atoms with Crippen LogP contribution in [0, 0.1) is 17.0 Å². The van der Waals surface area contributed by atoms with Crippen LogP contribution in [0.4, 0.5) is 5.69 Å². The Morgan fingerprint density at radius 1 is 1.26 bits per heavy atom. The standard InChI is InChI=1S/C16H21N3O3S/c1-4-18(5-2)14-8-6-13(7-9-14)16-17-12(3)15(23-16)10-11-22-19(20)21/h6-9H,4-5,10-11H2,1-3H3. The SMILES string of the molecule is CCN(CC)c1ccc(-c2nc(C)c(CCO[N+](=O)[O-])s2)cc1. The highest BCUT2D eigenvalue weighted by molar-refractivity contribution is 7.15.